The fraction of sp³-hybridized carbons (Fsp3) is 0.391. The number of ether oxygens (including phenoxy) is 3. The van der Waals surface area contributed by atoms with Crippen LogP contribution in [0, 0.1) is 0 Å². The van der Waals surface area contributed by atoms with E-state index < -0.39 is 5.97 Å². The highest BCUT2D eigenvalue weighted by Crippen LogP contribution is 2.30. The van der Waals surface area contributed by atoms with Crippen molar-refractivity contribution in [1.82, 2.24) is 9.97 Å². The Morgan fingerprint density at radius 2 is 1.87 bits per heavy atom. The summed E-state index contributed by atoms with van der Waals surface area (Å²) in [6.07, 6.45) is 3.21. The monoisotopic (exact) mass is 411 g/mol. The molecule has 1 aromatic carbocycles. The number of carbonyl (C=O) groups is 1. The first-order valence-corrected chi connectivity index (χ1v) is 10.3. The van der Waals surface area contributed by atoms with Gasteiger partial charge in [-0.3, -0.25) is 0 Å². The molecule has 1 N–H and O–H groups in total. The van der Waals surface area contributed by atoms with E-state index in [-0.39, 0.29) is 6.29 Å². The van der Waals surface area contributed by atoms with E-state index in [0.717, 1.165) is 27.5 Å². The summed E-state index contributed by atoms with van der Waals surface area (Å²) in [6, 6.07) is 7.95. The molecule has 160 valence electrons. The normalized spacial score (nSPS) is 11.3. The summed E-state index contributed by atoms with van der Waals surface area (Å²) < 4.78 is 16.5. The zero-order valence-corrected chi connectivity index (χ0v) is 17.8. The van der Waals surface area contributed by atoms with E-state index in [0.29, 0.717) is 38.6 Å². The maximum absolute atomic E-state index is 12.1. The van der Waals surface area contributed by atoms with Crippen molar-refractivity contribution in [2.75, 3.05) is 37.8 Å². The van der Waals surface area contributed by atoms with Gasteiger partial charge >= 0.3 is 5.97 Å². The lowest BCUT2D eigenvalue weighted by atomic mass is 10.1. The average molecular weight is 412 g/mol. The topological polar surface area (TPSA) is 76.7 Å². The Kier molecular flexibility index (Phi) is 7.43. The maximum atomic E-state index is 12.1. The highest BCUT2D eigenvalue weighted by molar-refractivity contribution is 6.09. The molecule has 0 aliphatic carbocycles. The van der Waals surface area contributed by atoms with Gasteiger partial charge in [0, 0.05) is 41.7 Å². The Morgan fingerprint density at radius 1 is 1.13 bits per heavy atom. The molecule has 3 aromatic rings. The second-order valence-electron chi connectivity index (χ2n) is 6.72. The van der Waals surface area contributed by atoms with Crippen LogP contribution in [0.25, 0.3) is 21.8 Å². The lowest BCUT2D eigenvalue weighted by Crippen LogP contribution is -2.36. The van der Waals surface area contributed by atoms with Crippen molar-refractivity contribution in [2.24, 2.45) is 0 Å². The first-order valence-electron chi connectivity index (χ1n) is 10.3. The van der Waals surface area contributed by atoms with Crippen LogP contribution in [0.15, 0.2) is 43.1 Å². The van der Waals surface area contributed by atoms with E-state index >= 15 is 0 Å². The number of esters is 1. The van der Waals surface area contributed by atoms with Gasteiger partial charge in [-0.2, -0.15) is 0 Å². The van der Waals surface area contributed by atoms with Gasteiger partial charge in [-0.1, -0.05) is 6.08 Å². The van der Waals surface area contributed by atoms with E-state index in [1.807, 2.05) is 26.0 Å². The predicted octanol–water partition coefficient (Wildman–Crippen LogP) is 4.28. The molecule has 0 aliphatic rings. The Hall–Kier alpha value is -2.90. The van der Waals surface area contributed by atoms with Crippen LogP contribution in [0.1, 0.15) is 31.3 Å². The van der Waals surface area contributed by atoms with E-state index in [2.05, 4.69) is 33.6 Å². The van der Waals surface area contributed by atoms with Crippen LogP contribution in [0.4, 0.5) is 5.69 Å². The largest absolute Gasteiger partial charge is 0.461 e. The van der Waals surface area contributed by atoms with Crippen LogP contribution in [-0.4, -0.2) is 55.1 Å². The average Bonchev–Trinajstić information content (AvgIpc) is 3.11. The molecule has 3 rings (SSSR count). The van der Waals surface area contributed by atoms with Gasteiger partial charge in [-0.05, 0) is 45.0 Å². The lowest BCUT2D eigenvalue weighted by Gasteiger charge is -2.28. The summed E-state index contributed by atoms with van der Waals surface area (Å²) in [4.78, 5) is 21.8. The molecule has 0 radical (unpaired) electrons. The SMILES string of the molecule is C=CCN(CC(OCC)OCC)c1ccc2[nH]c3cnc(C(=O)OCC)cc3c2c1. The Balaban J connectivity index is 1.99. The number of H-pyrrole nitrogens is 1. The van der Waals surface area contributed by atoms with Gasteiger partial charge in [-0.15, -0.1) is 6.58 Å². The minimum Gasteiger partial charge on any atom is -0.461 e. The van der Waals surface area contributed by atoms with Crippen LogP contribution in [-0.2, 0) is 14.2 Å². The smallest absolute Gasteiger partial charge is 0.356 e. The molecule has 30 heavy (non-hydrogen) atoms. The van der Waals surface area contributed by atoms with Crippen molar-refractivity contribution in [1.29, 1.82) is 0 Å². The third-order valence-corrected chi connectivity index (χ3v) is 4.74. The van der Waals surface area contributed by atoms with E-state index in [1.165, 1.54) is 0 Å². The number of fused-ring (bicyclic) bond motifs is 3. The maximum Gasteiger partial charge on any atom is 0.356 e. The molecule has 0 atom stereocenters. The molecule has 2 heterocycles. The number of rotatable bonds is 11. The first-order chi connectivity index (χ1) is 14.6. The Bertz CT molecular complexity index is 1010. The van der Waals surface area contributed by atoms with Crippen LogP contribution < -0.4 is 4.90 Å². The summed E-state index contributed by atoms with van der Waals surface area (Å²) in [6.45, 7) is 12.3. The van der Waals surface area contributed by atoms with Crippen molar-refractivity contribution >= 4 is 33.5 Å². The van der Waals surface area contributed by atoms with Crippen molar-refractivity contribution in [2.45, 2.75) is 27.1 Å². The third-order valence-electron chi connectivity index (χ3n) is 4.74. The Morgan fingerprint density at radius 3 is 2.53 bits per heavy atom. The van der Waals surface area contributed by atoms with Gasteiger partial charge in [0.25, 0.3) is 0 Å². The van der Waals surface area contributed by atoms with Gasteiger partial charge in [0.15, 0.2) is 6.29 Å². The molecule has 0 bridgehead atoms. The summed E-state index contributed by atoms with van der Waals surface area (Å²) in [7, 11) is 0. The molecule has 7 nitrogen and oxygen atoms in total. The summed E-state index contributed by atoms with van der Waals surface area (Å²) in [5.41, 5.74) is 3.15. The molecule has 0 saturated carbocycles. The number of hydrogen-bond donors (Lipinski definition) is 1. The molecule has 2 aromatic heterocycles. The molecule has 0 aliphatic heterocycles. The summed E-state index contributed by atoms with van der Waals surface area (Å²) >= 11 is 0. The Labute approximate surface area is 176 Å². The molecule has 0 unspecified atom stereocenters. The second-order valence-corrected chi connectivity index (χ2v) is 6.72. The molecule has 0 amide bonds. The number of aromatic nitrogens is 2. The minimum absolute atomic E-state index is 0.298. The minimum atomic E-state index is -0.422. The zero-order valence-electron chi connectivity index (χ0n) is 17.8. The number of nitrogens with one attached hydrogen (secondary N) is 1. The van der Waals surface area contributed by atoms with Gasteiger partial charge in [-0.25, -0.2) is 9.78 Å². The van der Waals surface area contributed by atoms with Crippen LogP contribution in [0.3, 0.4) is 0 Å². The molecule has 0 saturated heterocycles. The lowest BCUT2D eigenvalue weighted by molar-refractivity contribution is -0.129. The number of benzene rings is 1. The van der Waals surface area contributed by atoms with Crippen molar-refractivity contribution in [3.05, 3.63) is 48.8 Å². The van der Waals surface area contributed by atoms with E-state index in [1.54, 1.807) is 19.2 Å². The van der Waals surface area contributed by atoms with Crippen molar-refractivity contribution < 1.29 is 19.0 Å². The first kappa shape index (κ1) is 21.8. The molecular formula is C23H29N3O4. The number of anilines is 1. The molecule has 7 heteroatoms. The highest BCUT2D eigenvalue weighted by Gasteiger charge is 2.17. The quantitative estimate of drug-likeness (QED) is 0.288. The number of aromatic amines is 1. The molecular weight excluding hydrogens is 382 g/mol. The van der Waals surface area contributed by atoms with Crippen LogP contribution in [0.5, 0.6) is 0 Å². The van der Waals surface area contributed by atoms with Crippen molar-refractivity contribution in [3.63, 3.8) is 0 Å². The molecule has 0 spiro atoms. The van der Waals surface area contributed by atoms with Crippen molar-refractivity contribution in [3.8, 4) is 0 Å². The number of carbonyl (C=O) groups excluding carboxylic acids is 1. The fourth-order valence-corrected chi connectivity index (χ4v) is 3.45. The molecule has 0 fully saturated rings. The zero-order chi connectivity index (χ0) is 21.5. The van der Waals surface area contributed by atoms with Crippen LogP contribution in [0.2, 0.25) is 0 Å². The highest BCUT2D eigenvalue weighted by atomic mass is 16.7. The third kappa shape index (κ3) is 4.80. The summed E-state index contributed by atoms with van der Waals surface area (Å²) in [5, 5.41) is 1.93. The predicted molar refractivity (Wildman–Crippen MR) is 119 cm³/mol. The van der Waals surface area contributed by atoms with Gasteiger partial charge in [0.2, 0.25) is 0 Å². The standard InChI is InChI=1S/C23H29N3O4/c1-5-11-26(15-22(28-6-2)29-7-3)16-9-10-19-17(12-16)18-13-20(23(27)30-8-4)24-14-21(18)25-19/h5,9-10,12-14,22,25H,1,6-8,11,15H2,2-4H3. The van der Waals surface area contributed by atoms with E-state index in [9.17, 15) is 4.79 Å². The summed E-state index contributed by atoms with van der Waals surface area (Å²) in [5.74, 6) is -0.422. The van der Waals surface area contributed by atoms with Crippen LogP contribution >= 0.6 is 0 Å². The number of nitrogens with zero attached hydrogens (tertiary/aromatic N) is 2. The van der Waals surface area contributed by atoms with Gasteiger partial charge in [0.05, 0.1) is 24.9 Å². The number of pyridine rings is 1. The van der Waals surface area contributed by atoms with Gasteiger partial charge < -0.3 is 24.1 Å². The number of hydrogen-bond acceptors (Lipinski definition) is 6. The second kappa shape index (κ2) is 10.2. The van der Waals surface area contributed by atoms with E-state index in [4.69, 9.17) is 14.2 Å². The fourth-order valence-electron chi connectivity index (χ4n) is 3.45. The van der Waals surface area contributed by atoms with Gasteiger partial charge in [0.1, 0.15) is 5.69 Å².